The number of hydrogen-bond donors (Lipinski definition) is 1. The molecule has 0 aromatic carbocycles. The number of aromatic nitrogens is 6. The number of aryl methyl sites for hydroxylation is 2. The van der Waals surface area contributed by atoms with E-state index in [1.54, 1.807) is 0 Å². The summed E-state index contributed by atoms with van der Waals surface area (Å²) in [7, 11) is 1.90. The van der Waals surface area contributed by atoms with E-state index in [9.17, 15) is 9.59 Å². The van der Waals surface area contributed by atoms with Crippen molar-refractivity contribution in [3.63, 3.8) is 0 Å². The van der Waals surface area contributed by atoms with Gasteiger partial charge >= 0.3 is 103 Å². The average molecular weight is 583 g/mol. The van der Waals surface area contributed by atoms with E-state index in [1.807, 2.05) is 17.7 Å². The summed E-state index contributed by atoms with van der Waals surface area (Å²) >= 11 is 0. The molecule has 6 rings (SSSR count). The van der Waals surface area contributed by atoms with Crippen LogP contribution in [-0.2, 0) is 42.4 Å². The molecule has 1 N–H and O–H groups in total. The van der Waals surface area contributed by atoms with Crippen LogP contribution < -0.4 is 119 Å². The summed E-state index contributed by atoms with van der Waals surface area (Å²) in [6.45, 7) is -0.181. The van der Waals surface area contributed by atoms with Gasteiger partial charge in [0.25, 0.3) is 17.6 Å². The molecule has 0 saturated carbocycles. The van der Waals surface area contributed by atoms with Gasteiger partial charge in [-0.05, 0) is 51.4 Å². The van der Waals surface area contributed by atoms with Gasteiger partial charge in [0.2, 0.25) is 0 Å². The van der Waals surface area contributed by atoms with Gasteiger partial charge in [-0.1, -0.05) is 0 Å². The minimum Gasteiger partial charge on any atom is -1.00 e. The molecule has 0 spiro atoms. The second kappa shape index (κ2) is 15.5. The van der Waals surface area contributed by atoms with Gasteiger partial charge in [-0.2, -0.15) is 20.1 Å². The number of nitrogens with zero attached hydrogens (tertiary/aromatic N) is 7. The first-order chi connectivity index (χ1) is 18.0. The first-order valence-corrected chi connectivity index (χ1v) is 11.7. The fraction of sp³-hybridized carbons (Fsp3) is 0.375. The standard InChI is InChI=1S/C12H12N4O.C11H10N4O.CH2O3.2K.H/c1-15-10-5-3-2-4-9(10)12(17)16-11(15)8(6-13)7-14-16;12-5-7-6-13-15-10(7)14-9-4-2-1-3-8(9)11(15)16;2-1-4-3;;;/h7H,2-5H2,1H3;6,13H,1-4H2;1,3H;;;/q;;;2*+1;-1/p-1. The van der Waals surface area contributed by atoms with Crippen molar-refractivity contribution < 1.29 is 119 Å². The molecule has 2 aliphatic carbocycles. The van der Waals surface area contributed by atoms with Gasteiger partial charge in [0.05, 0.1) is 11.9 Å². The first-order valence-electron chi connectivity index (χ1n) is 11.7. The Morgan fingerprint density at radius 1 is 1.03 bits per heavy atom. The van der Waals surface area contributed by atoms with Crippen molar-refractivity contribution in [1.29, 1.82) is 10.5 Å². The normalized spacial score (nSPS) is 12.9. The predicted octanol–water partition coefficient (Wildman–Crippen LogP) is -5.89. The summed E-state index contributed by atoms with van der Waals surface area (Å²) in [6, 6.07) is 4.11. The van der Waals surface area contributed by atoms with Crippen molar-refractivity contribution in [3.8, 4) is 12.1 Å². The van der Waals surface area contributed by atoms with Crippen LogP contribution in [0.5, 0.6) is 0 Å². The third-order valence-electron chi connectivity index (χ3n) is 6.57. The Balaban J connectivity index is 0.000000332. The number of rotatable bonds is 1. The molecule has 0 amide bonds. The quantitative estimate of drug-likeness (QED) is 0.0987. The van der Waals surface area contributed by atoms with Crippen LogP contribution in [0.1, 0.15) is 60.8 Å². The molecule has 0 radical (unpaired) electrons. The Hall–Kier alpha value is -1.48. The molecule has 4 aromatic heterocycles. The Morgan fingerprint density at radius 3 is 2.28 bits per heavy atom. The van der Waals surface area contributed by atoms with Gasteiger partial charge in [0.15, 0.2) is 11.3 Å². The molecule has 4 heterocycles. The van der Waals surface area contributed by atoms with E-state index in [4.69, 9.17) is 20.6 Å². The van der Waals surface area contributed by atoms with Gasteiger partial charge in [0.1, 0.15) is 23.3 Å². The van der Waals surface area contributed by atoms with E-state index in [1.165, 1.54) is 21.4 Å². The Bertz CT molecular complexity index is 1700. The van der Waals surface area contributed by atoms with Crippen LogP contribution in [0.2, 0.25) is 0 Å². The van der Waals surface area contributed by atoms with Crippen molar-refractivity contribution in [2.75, 3.05) is 0 Å². The number of nitriles is 2. The average Bonchev–Trinajstić information content (AvgIpc) is 3.57. The molecule has 0 fully saturated rings. The maximum atomic E-state index is 12.2. The van der Waals surface area contributed by atoms with Gasteiger partial charge in [-0.25, -0.2) is 9.50 Å². The van der Waals surface area contributed by atoms with Crippen molar-refractivity contribution in [1.82, 2.24) is 28.8 Å². The van der Waals surface area contributed by atoms with Gasteiger partial charge < -0.3 is 16.1 Å². The van der Waals surface area contributed by atoms with E-state index >= 15 is 0 Å². The van der Waals surface area contributed by atoms with Gasteiger partial charge in [0, 0.05) is 30.1 Å². The minimum atomic E-state index is -0.181. The molecule has 2 aliphatic rings. The van der Waals surface area contributed by atoms with Gasteiger partial charge in [-0.3, -0.25) is 19.5 Å². The van der Waals surface area contributed by atoms with E-state index in [0.29, 0.717) is 22.4 Å². The topological polar surface area (TPSA) is 186 Å². The van der Waals surface area contributed by atoms with Crippen molar-refractivity contribution >= 4 is 17.8 Å². The van der Waals surface area contributed by atoms with E-state index < -0.39 is 0 Å². The Kier molecular flexibility index (Phi) is 13.4. The maximum absolute atomic E-state index is 12.2. The Morgan fingerprint density at radius 2 is 1.64 bits per heavy atom. The number of carbonyl (C=O) groups excluding carboxylic acids is 1. The second-order valence-electron chi connectivity index (χ2n) is 8.60. The van der Waals surface area contributed by atoms with Crippen molar-refractivity contribution in [2.24, 2.45) is 7.05 Å². The predicted molar refractivity (Wildman–Crippen MR) is 127 cm³/mol. The molecule has 4 aromatic rings. The van der Waals surface area contributed by atoms with Gasteiger partial charge in [-0.15, -0.1) is 0 Å². The molecule has 0 unspecified atom stereocenters. The summed E-state index contributed by atoms with van der Waals surface area (Å²) < 4.78 is 4.66. The fourth-order valence-electron chi connectivity index (χ4n) is 4.87. The largest absolute Gasteiger partial charge is 1.00 e. The summed E-state index contributed by atoms with van der Waals surface area (Å²) in [6.07, 6.45) is 10.6. The number of fused-ring (bicyclic) bond motifs is 4. The number of aromatic amines is 1. The third-order valence-corrected chi connectivity index (χ3v) is 6.57. The number of carbonyl (C=O) groups is 1. The molecule has 0 bridgehead atoms. The van der Waals surface area contributed by atoms with Crippen LogP contribution in [0.3, 0.4) is 0 Å². The molecule has 13 nitrogen and oxygen atoms in total. The zero-order valence-electron chi connectivity index (χ0n) is 23.1. The third kappa shape index (κ3) is 6.88. The van der Waals surface area contributed by atoms with Crippen LogP contribution in [0.4, 0.5) is 0 Å². The molecule has 39 heavy (non-hydrogen) atoms. The fourth-order valence-corrected chi connectivity index (χ4v) is 4.87. The molecule has 15 heteroatoms. The summed E-state index contributed by atoms with van der Waals surface area (Å²) in [4.78, 5) is 40.0. The number of nitrogens with one attached hydrogen (secondary N) is 1. The Labute approximate surface area is 309 Å². The molecular formula is C24H24K2N8O5. The summed E-state index contributed by atoms with van der Waals surface area (Å²) in [5, 5.41) is 33.1. The van der Waals surface area contributed by atoms with E-state index in [0.717, 1.165) is 73.9 Å². The van der Waals surface area contributed by atoms with Crippen molar-refractivity contribution in [2.45, 2.75) is 51.4 Å². The molecular weight excluding hydrogens is 559 g/mol. The van der Waals surface area contributed by atoms with Crippen LogP contribution in [0, 0.1) is 22.7 Å². The van der Waals surface area contributed by atoms with Crippen LogP contribution >= 0.6 is 0 Å². The summed E-state index contributed by atoms with van der Waals surface area (Å²) in [5.74, 6) is 0. The number of hydrogen-bond acceptors (Lipinski definition) is 9. The summed E-state index contributed by atoms with van der Waals surface area (Å²) in [5.41, 5.74) is 5.41. The molecule has 0 aliphatic heterocycles. The van der Waals surface area contributed by atoms with E-state index in [-0.39, 0.29) is 122 Å². The smallest absolute Gasteiger partial charge is 1.00 e. The second-order valence-corrected chi connectivity index (χ2v) is 8.60. The molecule has 0 atom stereocenters. The zero-order chi connectivity index (χ0) is 26.5. The molecule has 0 saturated heterocycles. The maximum Gasteiger partial charge on any atom is 1.00 e. The minimum absolute atomic E-state index is 0. The van der Waals surface area contributed by atoms with E-state index in [2.05, 4.69) is 26.1 Å². The van der Waals surface area contributed by atoms with Crippen LogP contribution in [0.25, 0.3) is 11.3 Å². The monoisotopic (exact) mass is 582 g/mol. The van der Waals surface area contributed by atoms with Crippen molar-refractivity contribution in [3.05, 3.63) is 66.7 Å². The first kappa shape index (κ1) is 33.7. The zero-order valence-corrected chi connectivity index (χ0v) is 28.3. The van der Waals surface area contributed by atoms with Crippen LogP contribution in [-0.4, -0.2) is 35.3 Å². The number of H-pyrrole nitrogens is 1. The van der Waals surface area contributed by atoms with Crippen LogP contribution in [0.15, 0.2) is 22.0 Å². The SMILES string of the molecule is Cn1c2c(c(=O)n3ncc(C#N)c13)CCCC2.N#Cc1c[nH]n2c(=O)c3c(nc12)CCCC3.O=CO[O-].[H-].[K+].[K+]. The molecule has 192 valence electrons.